The molecule has 0 saturated heterocycles. The number of pyridine rings is 1. The summed E-state index contributed by atoms with van der Waals surface area (Å²) >= 11 is 0. The first-order chi connectivity index (χ1) is 24.3. The summed E-state index contributed by atoms with van der Waals surface area (Å²) in [5.41, 5.74) is 18.8. The summed E-state index contributed by atoms with van der Waals surface area (Å²) in [5, 5.41) is 0. The molecule has 2 aliphatic heterocycles. The third-order valence-electron chi connectivity index (χ3n) is 10.2. The third-order valence-corrected chi connectivity index (χ3v) is 10.2. The van der Waals surface area contributed by atoms with E-state index in [1.54, 1.807) is 0 Å². The van der Waals surface area contributed by atoms with Gasteiger partial charge in [0.1, 0.15) is 12.7 Å². The number of imidazole rings is 2. The fourth-order valence-electron chi connectivity index (χ4n) is 8.15. The minimum absolute atomic E-state index is 0.0800. The van der Waals surface area contributed by atoms with Crippen molar-refractivity contribution >= 4 is 45.2 Å². The van der Waals surface area contributed by atoms with Crippen molar-refractivity contribution in [3.05, 3.63) is 158 Å². The normalized spacial score (nSPS) is 12.4. The Labute approximate surface area is 282 Å². The van der Waals surface area contributed by atoms with Crippen LogP contribution in [0.25, 0.3) is 78.2 Å². The quantitative estimate of drug-likeness (QED) is 0.190. The van der Waals surface area contributed by atoms with E-state index in [4.69, 9.17) is 15.0 Å². The Balaban J connectivity index is 1.34. The van der Waals surface area contributed by atoms with Gasteiger partial charge in [-0.1, -0.05) is 133 Å². The molecule has 0 atom stereocenters. The van der Waals surface area contributed by atoms with Crippen molar-refractivity contribution < 1.29 is 0 Å². The van der Waals surface area contributed by atoms with Crippen LogP contribution in [0.3, 0.4) is 0 Å². The molecule has 226 valence electrons. The summed E-state index contributed by atoms with van der Waals surface area (Å²) in [6.45, 7) is -0.0800. The molecule has 0 saturated carbocycles. The summed E-state index contributed by atoms with van der Waals surface area (Å²) in [5.74, 6) is 0. The van der Waals surface area contributed by atoms with E-state index in [-0.39, 0.29) is 6.71 Å². The number of rotatable bonds is 4. The molecule has 11 rings (SSSR count). The Morgan fingerprint density at radius 3 is 1.20 bits per heavy atom. The van der Waals surface area contributed by atoms with Gasteiger partial charge in [-0.3, -0.25) is 9.13 Å². The molecule has 6 heteroatoms. The van der Waals surface area contributed by atoms with E-state index in [0.29, 0.717) is 0 Å². The molecular weight excluding hydrogens is 597 g/mol. The number of hydrogen-bond acceptors (Lipinski definition) is 3. The Kier molecular flexibility index (Phi) is 5.41. The fourth-order valence-corrected chi connectivity index (χ4v) is 8.15. The first-order valence-corrected chi connectivity index (χ1v) is 16.6. The molecule has 5 nitrogen and oxygen atoms in total. The van der Waals surface area contributed by atoms with Crippen LogP contribution in [-0.2, 0) is 0 Å². The maximum Gasteiger partial charge on any atom is 0.252 e. The molecule has 0 spiro atoms. The molecule has 6 aromatic carbocycles. The molecule has 5 heterocycles. The van der Waals surface area contributed by atoms with E-state index < -0.39 is 0 Å². The van der Waals surface area contributed by atoms with Gasteiger partial charge in [0.05, 0.1) is 44.8 Å². The van der Waals surface area contributed by atoms with Crippen LogP contribution in [0, 0.1) is 0 Å². The second-order valence-corrected chi connectivity index (χ2v) is 12.9. The van der Waals surface area contributed by atoms with Crippen molar-refractivity contribution in [2.24, 2.45) is 0 Å². The van der Waals surface area contributed by atoms with E-state index in [1.807, 2.05) is 12.7 Å². The van der Waals surface area contributed by atoms with Crippen LogP contribution in [0.4, 0.5) is 0 Å². The maximum absolute atomic E-state index is 5.58. The molecule has 0 fully saturated rings. The highest BCUT2D eigenvalue weighted by Crippen LogP contribution is 2.40. The number of benzene rings is 6. The second kappa shape index (κ2) is 9.99. The Hall–Kier alpha value is -6.53. The molecule has 0 N–H and O–H groups in total. The monoisotopic (exact) mass is 623 g/mol. The van der Waals surface area contributed by atoms with Gasteiger partial charge in [0.25, 0.3) is 6.71 Å². The first-order valence-electron chi connectivity index (χ1n) is 16.6. The van der Waals surface area contributed by atoms with E-state index in [9.17, 15) is 0 Å². The maximum atomic E-state index is 5.58. The summed E-state index contributed by atoms with van der Waals surface area (Å²) < 4.78 is 4.58. The highest BCUT2D eigenvalue weighted by atomic mass is 15.1. The van der Waals surface area contributed by atoms with E-state index in [2.05, 4.69) is 155 Å². The summed E-state index contributed by atoms with van der Waals surface area (Å²) in [6.07, 6.45) is 3.98. The van der Waals surface area contributed by atoms with Gasteiger partial charge in [-0.25, -0.2) is 15.0 Å². The van der Waals surface area contributed by atoms with Crippen molar-refractivity contribution in [2.45, 2.75) is 0 Å². The van der Waals surface area contributed by atoms with Crippen molar-refractivity contribution in [1.82, 2.24) is 24.1 Å². The molecule has 0 radical (unpaired) electrons. The van der Waals surface area contributed by atoms with E-state index in [1.165, 1.54) is 27.5 Å². The molecule has 3 aromatic heterocycles. The molecular formula is C43H26BN5. The highest BCUT2D eigenvalue weighted by Gasteiger charge is 2.43. The standard InChI is InChI=1S/C43H26BN5/c1-5-13-27(14-6-1)31-21-33-40-35(23-31)45-25-48(40)42-37-43(39(30-19-11-4-12-20-30)47-38(42)29-17-9-3-10-18-29)49-26-46-36-24-32(28-15-7-2-8-16-28)22-34(41(36)49)44(33)37/h1-26H. The summed E-state index contributed by atoms with van der Waals surface area (Å²) in [6, 6.07) is 51.7. The SMILES string of the molecule is c1ccc(-c2cc3c4c(c2)ncn4-c2c(-c4ccccc4)nc(-c4ccccc4)c4c2B3c2cc(-c3ccccc3)cc3ncn-4c23)cc1. The molecule has 0 aliphatic carbocycles. The Morgan fingerprint density at radius 1 is 0.408 bits per heavy atom. The Bertz CT molecular complexity index is 2560. The number of hydrogen-bond donors (Lipinski definition) is 0. The lowest BCUT2D eigenvalue weighted by Gasteiger charge is -2.35. The molecule has 0 bridgehead atoms. The number of fused-ring (bicyclic) bond motifs is 4. The van der Waals surface area contributed by atoms with Gasteiger partial charge in [-0.15, -0.1) is 0 Å². The predicted octanol–water partition coefficient (Wildman–Crippen LogP) is 7.57. The largest absolute Gasteiger partial charge is 0.298 e. The second-order valence-electron chi connectivity index (χ2n) is 12.9. The molecule has 0 unspecified atom stereocenters. The van der Waals surface area contributed by atoms with E-state index >= 15 is 0 Å². The highest BCUT2D eigenvalue weighted by molar-refractivity contribution is 7.00. The fraction of sp³-hybridized carbons (Fsp3) is 0. The topological polar surface area (TPSA) is 48.5 Å². The van der Waals surface area contributed by atoms with E-state index in [0.717, 1.165) is 67.1 Å². The summed E-state index contributed by atoms with van der Waals surface area (Å²) in [4.78, 5) is 15.7. The minimum atomic E-state index is -0.0800. The van der Waals surface area contributed by atoms with Crippen molar-refractivity contribution in [3.8, 4) is 56.1 Å². The van der Waals surface area contributed by atoms with Crippen LogP contribution in [0.1, 0.15) is 0 Å². The van der Waals surface area contributed by atoms with Gasteiger partial charge < -0.3 is 0 Å². The van der Waals surface area contributed by atoms with Crippen LogP contribution in [-0.4, -0.2) is 30.8 Å². The van der Waals surface area contributed by atoms with Crippen molar-refractivity contribution in [3.63, 3.8) is 0 Å². The van der Waals surface area contributed by atoms with Crippen LogP contribution in [0.5, 0.6) is 0 Å². The number of aromatic nitrogens is 5. The van der Waals surface area contributed by atoms with Gasteiger partial charge in [0.2, 0.25) is 0 Å². The first kappa shape index (κ1) is 26.5. The molecule has 0 amide bonds. The Morgan fingerprint density at radius 2 is 0.796 bits per heavy atom. The van der Waals surface area contributed by atoms with Crippen molar-refractivity contribution in [1.29, 1.82) is 0 Å². The van der Waals surface area contributed by atoms with Gasteiger partial charge in [-0.2, -0.15) is 0 Å². The van der Waals surface area contributed by atoms with Crippen LogP contribution < -0.4 is 16.4 Å². The van der Waals surface area contributed by atoms with Crippen LogP contribution in [0.15, 0.2) is 158 Å². The van der Waals surface area contributed by atoms with Gasteiger partial charge in [0.15, 0.2) is 0 Å². The minimum Gasteiger partial charge on any atom is -0.298 e. The lowest BCUT2D eigenvalue weighted by Crippen LogP contribution is -2.60. The molecule has 9 aromatic rings. The van der Waals surface area contributed by atoms with Crippen LogP contribution in [0.2, 0.25) is 0 Å². The zero-order valence-electron chi connectivity index (χ0n) is 26.3. The predicted molar refractivity (Wildman–Crippen MR) is 200 cm³/mol. The summed E-state index contributed by atoms with van der Waals surface area (Å²) in [7, 11) is 0. The lowest BCUT2D eigenvalue weighted by atomic mass is 9.34. The smallest absolute Gasteiger partial charge is 0.252 e. The van der Waals surface area contributed by atoms with Crippen molar-refractivity contribution in [2.75, 3.05) is 0 Å². The van der Waals surface area contributed by atoms with Gasteiger partial charge in [-0.05, 0) is 50.8 Å². The van der Waals surface area contributed by atoms with Gasteiger partial charge >= 0.3 is 0 Å². The molecule has 49 heavy (non-hydrogen) atoms. The lowest BCUT2D eigenvalue weighted by molar-refractivity contribution is 1.04. The third kappa shape index (κ3) is 3.74. The average molecular weight is 624 g/mol. The molecule has 2 aliphatic rings. The zero-order valence-corrected chi connectivity index (χ0v) is 26.3. The van der Waals surface area contributed by atoms with Gasteiger partial charge in [0, 0.05) is 11.1 Å². The van der Waals surface area contributed by atoms with Crippen LogP contribution >= 0.6 is 0 Å². The zero-order chi connectivity index (χ0) is 32.1. The average Bonchev–Trinajstić information content (AvgIpc) is 3.81. The number of nitrogens with zero attached hydrogens (tertiary/aromatic N) is 5.